The van der Waals surface area contributed by atoms with Crippen molar-refractivity contribution in [3.8, 4) is 5.75 Å². The van der Waals surface area contributed by atoms with Crippen LogP contribution in [-0.4, -0.2) is 15.9 Å². The van der Waals surface area contributed by atoms with Crippen LogP contribution >= 0.6 is 34.3 Å². The van der Waals surface area contributed by atoms with E-state index in [2.05, 4.69) is 15.3 Å². The van der Waals surface area contributed by atoms with Crippen LogP contribution in [-0.2, 0) is 17.8 Å². The van der Waals surface area contributed by atoms with E-state index < -0.39 is 0 Å². The smallest absolute Gasteiger partial charge is 0.232 e. The Morgan fingerprint density at radius 3 is 2.71 bits per heavy atom. The Morgan fingerprint density at radius 1 is 1.21 bits per heavy atom. The van der Waals surface area contributed by atoms with Gasteiger partial charge in [0.25, 0.3) is 0 Å². The van der Waals surface area contributed by atoms with Crippen molar-refractivity contribution in [1.82, 2.24) is 9.97 Å². The average molecular weight is 380 g/mol. The molecule has 5 nitrogen and oxygen atoms in total. The Morgan fingerprint density at radius 2 is 2.00 bits per heavy atom. The molecule has 0 spiro atoms. The number of nitrogens with zero attached hydrogens (tertiary/aromatic N) is 2. The van der Waals surface area contributed by atoms with Gasteiger partial charge in [0.2, 0.25) is 5.91 Å². The number of aromatic nitrogens is 2. The zero-order chi connectivity index (χ0) is 16.9. The molecule has 0 unspecified atom stereocenters. The summed E-state index contributed by atoms with van der Waals surface area (Å²) in [6.07, 6.45) is 0.218. The molecule has 0 aliphatic heterocycles. The van der Waals surface area contributed by atoms with Crippen molar-refractivity contribution in [3.63, 3.8) is 0 Å². The number of rotatable bonds is 6. The number of hydrogen-bond acceptors (Lipinski definition) is 6. The van der Waals surface area contributed by atoms with Crippen LogP contribution in [0.25, 0.3) is 0 Å². The largest absolute Gasteiger partial charge is 0.486 e. The van der Waals surface area contributed by atoms with Gasteiger partial charge >= 0.3 is 0 Å². The minimum Gasteiger partial charge on any atom is -0.486 e. The predicted octanol–water partition coefficient (Wildman–Crippen LogP) is 4.32. The standard InChI is InChI=1S/C16H14ClN3O2S2/c1-10-8-24-16(18-10)20-14(21)6-12-9-23-15(19-12)7-22-13-4-2-11(17)3-5-13/h2-5,8-9H,6-7H2,1H3,(H,18,20,21). The molecule has 0 saturated heterocycles. The third-order valence-electron chi connectivity index (χ3n) is 2.98. The number of carbonyl (C=O) groups excluding carboxylic acids is 1. The van der Waals surface area contributed by atoms with E-state index in [0.717, 1.165) is 22.1 Å². The van der Waals surface area contributed by atoms with E-state index in [1.807, 2.05) is 17.7 Å². The Labute approximate surface area is 152 Å². The molecular weight excluding hydrogens is 366 g/mol. The Bertz CT molecular complexity index is 830. The topological polar surface area (TPSA) is 64.1 Å². The van der Waals surface area contributed by atoms with E-state index in [4.69, 9.17) is 16.3 Å². The van der Waals surface area contributed by atoms with Crippen LogP contribution in [0.4, 0.5) is 5.13 Å². The first kappa shape index (κ1) is 16.9. The molecule has 2 aromatic heterocycles. The number of hydrogen-bond donors (Lipinski definition) is 1. The maximum atomic E-state index is 12.0. The Kier molecular flexibility index (Phi) is 5.44. The lowest BCUT2D eigenvalue weighted by Gasteiger charge is -2.03. The molecule has 2 heterocycles. The second-order valence-electron chi connectivity index (χ2n) is 4.99. The van der Waals surface area contributed by atoms with E-state index in [0.29, 0.717) is 16.8 Å². The predicted molar refractivity (Wildman–Crippen MR) is 97.1 cm³/mol. The normalized spacial score (nSPS) is 10.6. The lowest BCUT2D eigenvalue weighted by atomic mass is 10.3. The van der Waals surface area contributed by atoms with Gasteiger partial charge in [-0.1, -0.05) is 11.6 Å². The summed E-state index contributed by atoms with van der Waals surface area (Å²) >= 11 is 8.71. The van der Waals surface area contributed by atoms with E-state index in [-0.39, 0.29) is 12.3 Å². The van der Waals surface area contributed by atoms with E-state index in [1.54, 1.807) is 24.3 Å². The Balaban J connectivity index is 1.51. The highest BCUT2D eigenvalue weighted by Crippen LogP contribution is 2.19. The van der Waals surface area contributed by atoms with Gasteiger partial charge in [0.1, 0.15) is 17.4 Å². The van der Waals surface area contributed by atoms with Crippen molar-refractivity contribution in [2.45, 2.75) is 20.0 Å². The monoisotopic (exact) mass is 379 g/mol. The molecule has 1 aromatic carbocycles. The van der Waals surface area contributed by atoms with E-state index >= 15 is 0 Å². The van der Waals surface area contributed by atoms with Gasteiger partial charge in [-0.25, -0.2) is 9.97 Å². The number of carbonyl (C=O) groups is 1. The van der Waals surface area contributed by atoms with Crippen molar-refractivity contribution in [2.75, 3.05) is 5.32 Å². The van der Waals surface area contributed by atoms with Crippen LogP contribution in [0.15, 0.2) is 35.0 Å². The van der Waals surface area contributed by atoms with Gasteiger partial charge in [-0.3, -0.25) is 4.79 Å². The molecule has 0 aliphatic rings. The third-order valence-corrected chi connectivity index (χ3v) is 4.98. The van der Waals surface area contributed by atoms with Crippen molar-refractivity contribution in [3.05, 3.63) is 56.4 Å². The van der Waals surface area contributed by atoms with E-state index in [9.17, 15) is 4.79 Å². The van der Waals surface area contributed by atoms with Crippen LogP contribution in [0, 0.1) is 6.92 Å². The van der Waals surface area contributed by atoms with Crippen LogP contribution < -0.4 is 10.1 Å². The fraction of sp³-hybridized carbons (Fsp3) is 0.188. The highest BCUT2D eigenvalue weighted by atomic mass is 35.5. The second kappa shape index (κ2) is 7.74. The van der Waals surface area contributed by atoms with Crippen LogP contribution in [0.3, 0.4) is 0 Å². The van der Waals surface area contributed by atoms with Crippen molar-refractivity contribution in [1.29, 1.82) is 0 Å². The minimum absolute atomic E-state index is 0.125. The molecule has 0 aliphatic carbocycles. The molecule has 1 amide bonds. The molecule has 0 saturated carbocycles. The van der Waals surface area contributed by atoms with Gasteiger partial charge in [-0.05, 0) is 31.2 Å². The molecule has 124 valence electrons. The molecule has 0 bridgehead atoms. The van der Waals surface area contributed by atoms with Crippen LogP contribution in [0.1, 0.15) is 16.4 Å². The fourth-order valence-corrected chi connectivity index (χ4v) is 3.45. The molecule has 0 atom stereocenters. The molecule has 1 N–H and O–H groups in total. The zero-order valence-electron chi connectivity index (χ0n) is 12.8. The molecular formula is C16H14ClN3O2S2. The molecule has 24 heavy (non-hydrogen) atoms. The zero-order valence-corrected chi connectivity index (χ0v) is 15.2. The highest BCUT2D eigenvalue weighted by Gasteiger charge is 2.10. The van der Waals surface area contributed by atoms with Crippen LogP contribution in [0.5, 0.6) is 5.75 Å². The van der Waals surface area contributed by atoms with Gasteiger partial charge in [0.15, 0.2) is 5.13 Å². The van der Waals surface area contributed by atoms with Gasteiger partial charge in [0.05, 0.1) is 17.8 Å². The number of aryl methyl sites for hydroxylation is 1. The quantitative estimate of drug-likeness (QED) is 0.692. The van der Waals surface area contributed by atoms with Crippen molar-refractivity contribution < 1.29 is 9.53 Å². The maximum Gasteiger partial charge on any atom is 0.232 e. The lowest BCUT2D eigenvalue weighted by Crippen LogP contribution is -2.14. The number of nitrogens with one attached hydrogen (secondary N) is 1. The van der Waals surface area contributed by atoms with Gasteiger partial charge < -0.3 is 10.1 Å². The van der Waals surface area contributed by atoms with Gasteiger partial charge in [-0.2, -0.15) is 0 Å². The average Bonchev–Trinajstić information content (AvgIpc) is 3.16. The summed E-state index contributed by atoms with van der Waals surface area (Å²) in [5.41, 5.74) is 1.62. The van der Waals surface area contributed by atoms with Crippen molar-refractivity contribution >= 4 is 45.3 Å². The number of thiazole rings is 2. The first-order chi connectivity index (χ1) is 11.6. The lowest BCUT2D eigenvalue weighted by molar-refractivity contribution is -0.115. The number of halogens is 1. The van der Waals surface area contributed by atoms with E-state index in [1.165, 1.54) is 22.7 Å². The molecule has 3 rings (SSSR count). The highest BCUT2D eigenvalue weighted by molar-refractivity contribution is 7.13. The molecule has 3 aromatic rings. The summed E-state index contributed by atoms with van der Waals surface area (Å²) in [6.45, 7) is 2.25. The molecule has 0 fully saturated rings. The number of benzene rings is 1. The first-order valence-electron chi connectivity index (χ1n) is 7.12. The maximum absolute atomic E-state index is 12.0. The summed E-state index contributed by atoms with van der Waals surface area (Å²) in [5.74, 6) is 0.604. The second-order valence-corrected chi connectivity index (χ2v) is 7.23. The molecule has 0 radical (unpaired) electrons. The SMILES string of the molecule is Cc1csc(NC(=O)Cc2csc(COc3ccc(Cl)cc3)n2)n1. The number of amides is 1. The minimum atomic E-state index is -0.125. The Hall–Kier alpha value is -1.96. The third kappa shape index (κ3) is 4.77. The first-order valence-corrected chi connectivity index (χ1v) is 9.26. The number of ether oxygens (including phenoxy) is 1. The molecule has 8 heteroatoms. The summed E-state index contributed by atoms with van der Waals surface area (Å²) in [5, 5.41) is 8.63. The fourth-order valence-electron chi connectivity index (χ4n) is 1.91. The summed E-state index contributed by atoms with van der Waals surface area (Å²) in [7, 11) is 0. The van der Waals surface area contributed by atoms with Crippen LogP contribution in [0.2, 0.25) is 5.02 Å². The van der Waals surface area contributed by atoms with Gasteiger partial charge in [-0.15, -0.1) is 22.7 Å². The summed E-state index contributed by atoms with van der Waals surface area (Å²) in [4.78, 5) is 20.6. The number of anilines is 1. The summed E-state index contributed by atoms with van der Waals surface area (Å²) < 4.78 is 5.64. The van der Waals surface area contributed by atoms with Crippen molar-refractivity contribution in [2.24, 2.45) is 0 Å². The summed E-state index contributed by atoms with van der Waals surface area (Å²) in [6, 6.07) is 7.16. The van der Waals surface area contributed by atoms with Gasteiger partial charge in [0, 0.05) is 15.8 Å².